The van der Waals surface area contributed by atoms with Crippen molar-refractivity contribution >= 4 is 108 Å². The number of nitrogens with one attached hydrogen (secondary N) is 6. The maximum atomic E-state index is 12.1. The molecule has 1 amide bonds. The molecule has 6 heterocycles. The van der Waals surface area contributed by atoms with Crippen molar-refractivity contribution < 1.29 is 14.7 Å². The van der Waals surface area contributed by atoms with E-state index in [4.69, 9.17) is 55.6 Å². The maximum Gasteiger partial charge on any atom is 0.328 e. The first-order valence-corrected chi connectivity index (χ1v) is 32.9. The van der Waals surface area contributed by atoms with E-state index in [1.807, 2.05) is 145 Å². The number of alkyl halides is 1. The Morgan fingerprint density at radius 2 is 1.16 bits per heavy atom. The van der Waals surface area contributed by atoms with E-state index >= 15 is 0 Å². The Bertz CT molecular complexity index is 3670. The maximum absolute atomic E-state index is 12.1. The number of aromatic nitrogens is 8. The van der Waals surface area contributed by atoms with Crippen LogP contribution in [0.4, 0.5) is 23.3 Å². The molecule has 0 radical (unpaired) electrons. The van der Waals surface area contributed by atoms with Crippen molar-refractivity contribution in [3.63, 3.8) is 0 Å². The number of para-hydroxylation sites is 2. The van der Waals surface area contributed by atoms with Crippen LogP contribution in [0.3, 0.4) is 0 Å². The quantitative estimate of drug-likeness (QED) is 0.0213. The van der Waals surface area contributed by atoms with Gasteiger partial charge in [-0.15, -0.1) is 0 Å². The number of hydrogen-bond donors (Lipinski definition) is 8. The molecule has 24 heteroatoms. The second kappa shape index (κ2) is 37.9. The molecule has 0 bridgehead atoms. The SMILES string of the molecule is CC(C)=C(Cl)N(C)C.CN(C)C/C=C/C(=O)Nc1ccc(CN(C)[C@H]2CCC[C@@H](Nc3ncc(Cl)c(-c4c[nH]c5ccccc45)n3)C2)nc1.CN(Cc1ccc(N)cn1)[C@H]1CCC[C@@H](Nc2ncc(Cl)c(-c3c[nH]c4ccccc34)n2)C1.CNC.O=C(O)/C=C/CBr. The van der Waals surface area contributed by atoms with E-state index in [1.165, 1.54) is 12.5 Å². The topological polar surface area (TPSA) is 250 Å². The number of aliphatic carboxylic acids is 1. The largest absolute Gasteiger partial charge is 0.478 e. The lowest BCUT2D eigenvalue weighted by Crippen LogP contribution is -2.40. The Morgan fingerprint density at radius 3 is 1.57 bits per heavy atom. The van der Waals surface area contributed by atoms with Crippen LogP contribution in [0.5, 0.6) is 0 Å². The number of carbonyl (C=O) groups excluding carboxylic acids is 1. The summed E-state index contributed by atoms with van der Waals surface area (Å²) in [4.78, 5) is 64.6. The highest BCUT2D eigenvalue weighted by atomic mass is 79.9. The highest BCUT2D eigenvalue weighted by Crippen LogP contribution is 2.35. The third-order valence-corrected chi connectivity index (χ3v) is 16.7. The molecule has 10 rings (SSSR count). The first kappa shape index (κ1) is 73.6. The summed E-state index contributed by atoms with van der Waals surface area (Å²) in [6, 6.07) is 25.5. The van der Waals surface area contributed by atoms with E-state index in [-0.39, 0.29) is 11.9 Å². The van der Waals surface area contributed by atoms with E-state index in [0.717, 1.165) is 131 Å². The number of anilines is 4. The third kappa shape index (κ3) is 23.6. The number of hydrogen-bond acceptors (Lipinski definition) is 16. The first-order chi connectivity index (χ1) is 44.2. The van der Waals surface area contributed by atoms with Crippen molar-refractivity contribution in [1.82, 2.24) is 64.8 Å². The molecular formula is C68H89BrCl3N17O3. The molecule has 0 spiro atoms. The van der Waals surface area contributed by atoms with Crippen LogP contribution in [0.1, 0.15) is 76.6 Å². The van der Waals surface area contributed by atoms with Gasteiger partial charge in [-0.2, -0.15) is 0 Å². The van der Waals surface area contributed by atoms with E-state index in [0.29, 0.717) is 63.3 Å². The number of H-pyrrole nitrogens is 2. The van der Waals surface area contributed by atoms with Gasteiger partial charge in [0.25, 0.3) is 0 Å². The minimum atomic E-state index is -0.903. The number of aromatic amines is 2. The minimum absolute atomic E-state index is 0.155. The second-order valence-corrected chi connectivity index (χ2v) is 25.1. The summed E-state index contributed by atoms with van der Waals surface area (Å²) in [6.07, 6.45) is 25.5. The predicted octanol–water partition coefficient (Wildman–Crippen LogP) is 13.6. The van der Waals surface area contributed by atoms with Crippen molar-refractivity contribution in [3.8, 4) is 22.5 Å². The molecule has 92 heavy (non-hydrogen) atoms. The van der Waals surface area contributed by atoms with Gasteiger partial charge >= 0.3 is 5.97 Å². The van der Waals surface area contributed by atoms with Crippen molar-refractivity contribution in [2.45, 2.75) is 102 Å². The van der Waals surface area contributed by atoms with Crippen LogP contribution in [0.25, 0.3) is 44.3 Å². The van der Waals surface area contributed by atoms with Crippen molar-refractivity contribution in [1.29, 1.82) is 0 Å². The van der Waals surface area contributed by atoms with E-state index in [2.05, 4.69) is 103 Å². The van der Waals surface area contributed by atoms with Gasteiger partial charge in [-0.05, 0) is 149 Å². The molecule has 2 aliphatic rings. The smallest absolute Gasteiger partial charge is 0.328 e. The monoisotopic (exact) mass is 1380 g/mol. The summed E-state index contributed by atoms with van der Waals surface area (Å²) >= 11 is 21.8. The number of carboxylic acids is 1. The number of halogens is 4. The molecular weight excluding hydrogens is 1290 g/mol. The zero-order valence-electron chi connectivity index (χ0n) is 54.3. The number of nitrogens with two attached hydrogens (primary N) is 1. The molecule has 2 saturated carbocycles. The van der Waals surface area contributed by atoms with Gasteiger partial charge < -0.3 is 51.9 Å². The molecule has 6 aromatic heterocycles. The molecule has 8 aromatic rings. The molecule has 0 aliphatic heterocycles. The van der Waals surface area contributed by atoms with Crippen LogP contribution < -0.4 is 27.0 Å². The lowest BCUT2D eigenvalue weighted by atomic mass is 9.90. The van der Waals surface area contributed by atoms with Crippen LogP contribution in [0.15, 0.2) is 145 Å². The van der Waals surface area contributed by atoms with Crippen LogP contribution >= 0.6 is 50.7 Å². The number of carbonyl (C=O) groups is 2. The zero-order chi connectivity index (χ0) is 66.7. The fourth-order valence-electron chi connectivity index (χ4n) is 10.6. The summed E-state index contributed by atoms with van der Waals surface area (Å²) < 4.78 is 0. The van der Waals surface area contributed by atoms with Gasteiger partial charge in [-0.25, -0.2) is 24.7 Å². The third-order valence-electron chi connectivity index (χ3n) is 15.0. The standard InChI is InChI=1S/C31H37ClN8O.C25H28ClN7.C6H12ClN.C4H5BrO2.C2H7N/c1-39(2)15-7-12-29(41)36-22-13-14-23(33-17-22)20-40(3)24-9-6-8-21(16-24)37-31-35-19-27(32)30(38-31)26-18-34-28-11-5-4-10-25(26)28;1-33(15-18-10-9-16(27)12-28-18)19-6-4-5-17(11-19)31-25-30-14-22(26)24(32-25)21-13-29-23-8-3-2-7-20(21)23;1-5(2)6(7)8(3)4;5-3-1-2-4(6)7;1-3-2/h4-5,7,10-14,17-19,21,24,34H,6,8-9,15-16,20H2,1-3H3,(H,36,41)(H,35,37,38);2-3,7-10,12-14,17,19,29H,4-6,11,15,27H2,1H3,(H,30,31,32);1-4H3;1-2H,3H2,(H,6,7);3H,1-2H3/b12-7+;;;2-1+;/t21-,24+;17-,19+;;;/m11.../s1. The number of rotatable bonds is 19. The van der Waals surface area contributed by atoms with Crippen molar-refractivity contribution in [2.75, 3.05) is 89.9 Å². The number of likely N-dealkylation sites (N-methyl/N-ethyl adjacent to an activating group) is 1. The highest BCUT2D eigenvalue weighted by molar-refractivity contribution is 9.09. The highest BCUT2D eigenvalue weighted by Gasteiger charge is 2.28. The first-order valence-electron chi connectivity index (χ1n) is 30.6. The van der Waals surface area contributed by atoms with Gasteiger partial charge in [0, 0.05) is 121 Å². The Hall–Kier alpha value is -7.47. The molecule has 20 nitrogen and oxygen atoms in total. The Kier molecular flexibility index (Phi) is 30.3. The van der Waals surface area contributed by atoms with Crippen LogP contribution in [-0.2, 0) is 22.7 Å². The van der Waals surface area contributed by atoms with Gasteiger partial charge in [0.2, 0.25) is 17.8 Å². The van der Waals surface area contributed by atoms with Gasteiger partial charge in [0.1, 0.15) is 5.16 Å². The molecule has 4 atom stereocenters. The number of nitrogen functional groups attached to an aromatic ring is 1. The minimum Gasteiger partial charge on any atom is -0.478 e. The number of amides is 1. The van der Waals surface area contributed by atoms with Gasteiger partial charge in [-0.3, -0.25) is 24.6 Å². The number of allylic oxidation sites excluding steroid dienone is 2. The molecule has 2 aliphatic carbocycles. The van der Waals surface area contributed by atoms with E-state index in [1.54, 1.807) is 30.9 Å². The number of fused-ring (bicyclic) bond motifs is 2. The lowest BCUT2D eigenvalue weighted by Gasteiger charge is -2.35. The molecule has 9 N–H and O–H groups in total. The predicted molar refractivity (Wildman–Crippen MR) is 384 cm³/mol. The Morgan fingerprint density at radius 1 is 0.674 bits per heavy atom. The number of carboxylic acid groups (broad SMARTS) is 1. The van der Waals surface area contributed by atoms with Gasteiger partial charge in [-0.1, -0.05) is 99.3 Å². The average molecular weight is 1380 g/mol. The molecule has 2 fully saturated rings. The van der Waals surface area contributed by atoms with Crippen molar-refractivity contribution in [3.05, 3.63) is 166 Å². The Balaban J connectivity index is 0.000000234. The van der Waals surface area contributed by atoms with Gasteiger partial charge in [0.15, 0.2) is 0 Å². The summed E-state index contributed by atoms with van der Waals surface area (Å²) in [5.41, 5.74) is 15.8. The summed E-state index contributed by atoms with van der Waals surface area (Å²) in [5.74, 6) is 0.156. The van der Waals surface area contributed by atoms with Gasteiger partial charge in [0.05, 0.1) is 69.0 Å². The zero-order valence-corrected chi connectivity index (χ0v) is 58.2. The molecule has 492 valence electrons. The van der Waals surface area contributed by atoms with Crippen LogP contribution in [-0.4, -0.2) is 169 Å². The lowest BCUT2D eigenvalue weighted by molar-refractivity contribution is -0.131. The average Bonchev–Trinajstić information content (AvgIpc) is 1.62. The molecule has 2 aromatic carbocycles. The normalized spacial score (nSPS) is 16.2. The number of benzene rings is 2. The summed E-state index contributed by atoms with van der Waals surface area (Å²) in [7, 11) is 15.8. The number of pyridine rings is 2. The van der Waals surface area contributed by atoms with Crippen molar-refractivity contribution in [2.24, 2.45) is 0 Å². The van der Waals surface area contributed by atoms with Crippen LogP contribution in [0, 0.1) is 0 Å². The summed E-state index contributed by atoms with van der Waals surface area (Å²) in [5, 5.41) is 25.4. The van der Waals surface area contributed by atoms with E-state index < -0.39 is 5.97 Å². The second-order valence-electron chi connectivity index (χ2n) is 23.3. The molecule has 0 saturated heterocycles. The Labute approximate surface area is 565 Å². The van der Waals surface area contributed by atoms with E-state index in [9.17, 15) is 9.59 Å². The summed E-state index contributed by atoms with van der Waals surface area (Å²) in [6.45, 7) is 6.23. The fourth-order valence-corrected chi connectivity index (χ4v) is 11.2. The molecule has 0 unspecified atom stereocenters. The van der Waals surface area contributed by atoms with Crippen LogP contribution in [0.2, 0.25) is 10.0 Å². The fraction of sp³-hybridized carbons (Fsp3) is 0.382. The number of nitrogens with zero attached hydrogens (tertiary/aromatic N) is 10.